The van der Waals surface area contributed by atoms with Crippen LogP contribution in [-0.4, -0.2) is 0 Å². The number of nitrogens with zero attached hydrogens (tertiary/aromatic N) is 1. The fourth-order valence-electron chi connectivity index (χ4n) is 13.9. The molecule has 1 nitrogen and oxygen atoms in total. The monoisotopic (exact) mass is 771 g/mol. The Morgan fingerprint density at radius 2 is 0.950 bits per heavy atom. The van der Waals surface area contributed by atoms with Gasteiger partial charge in [-0.05, 0) is 158 Å². The molecule has 0 unspecified atom stereocenters. The molecule has 6 aliphatic rings. The maximum atomic E-state index is 2.65. The predicted octanol–water partition coefficient (Wildman–Crippen LogP) is 15.7. The van der Waals surface area contributed by atoms with E-state index >= 15 is 0 Å². The molecule has 290 valence electrons. The lowest BCUT2D eigenvalue weighted by molar-refractivity contribution is -0.0399. The molecule has 14 rings (SSSR count). The van der Waals surface area contributed by atoms with Gasteiger partial charge < -0.3 is 4.90 Å². The van der Waals surface area contributed by atoms with Crippen LogP contribution in [0.5, 0.6) is 0 Å². The van der Waals surface area contributed by atoms with Gasteiger partial charge in [-0.1, -0.05) is 159 Å². The Morgan fingerprint density at radius 1 is 0.417 bits per heavy atom. The largest absolute Gasteiger partial charge is 0.310 e. The molecule has 6 aliphatic carbocycles. The highest BCUT2D eigenvalue weighted by atomic mass is 15.1. The van der Waals surface area contributed by atoms with Crippen LogP contribution in [-0.2, 0) is 10.8 Å². The molecule has 4 saturated carbocycles. The van der Waals surface area contributed by atoms with E-state index in [0.717, 1.165) is 11.8 Å². The van der Waals surface area contributed by atoms with Crippen molar-refractivity contribution >= 4 is 27.8 Å². The van der Waals surface area contributed by atoms with Crippen LogP contribution >= 0.6 is 0 Å². The van der Waals surface area contributed by atoms with E-state index in [1.54, 1.807) is 11.1 Å². The first-order valence-electron chi connectivity index (χ1n) is 22.4. The van der Waals surface area contributed by atoms with Gasteiger partial charge in [-0.15, -0.1) is 0 Å². The van der Waals surface area contributed by atoms with Gasteiger partial charge in [0.2, 0.25) is 0 Å². The molecule has 0 aromatic heterocycles. The third kappa shape index (κ3) is 4.70. The van der Waals surface area contributed by atoms with Crippen LogP contribution in [0.1, 0.15) is 68.2 Å². The molecule has 0 saturated heterocycles. The average Bonchev–Trinajstić information content (AvgIpc) is 3.71. The summed E-state index contributed by atoms with van der Waals surface area (Å²) in [5, 5.41) is 2.56. The van der Waals surface area contributed by atoms with Crippen molar-refractivity contribution in [2.24, 2.45) is 23.7 Å². The maximum absolute atomic E-state index is 2.65. The highest BCUT2D eigenvalue weighted by Gasteiger charge is 2.61. The van der Waals surface area contributed by atoms with Gasteiger partial charge in [0.15, 0.2) is 0 Å². The van der Waals surface area contributed by atoms with Gasteiger partial charge >= 0.3 is 0 Å². The molecule has 60 heavy (non-hydrogen) atoms. The lowest BCUT2D eigenvalue weighted by Crippen LogP contribution is -2.55. The van der Waals surface area contributed by atoms with Gasteiger partial charge in [0.05, 0.1) is 5.69 Å². The first-order valence-corrected chi connectivity index (χ1v) is 22.4. The Bertz CT molecular complexity index is 3000. The number of rotatable bonds is 5. The van der Waals surface area contributed by atoms with Crippen LogP contribution in [0.15, 0.2) is 176 Å². The smallest absolute Gasteiger partial charge is 0.0540 e. The summed E-state index contributed by atoms with van der Waals surface area (Å²) in [7, 11) is 0. The third-order valence-corrected chi connectivity index (χ3v) is 16.0. The zero-order valence-corrected chi connectivity index (χ0v) is 34.5. The van der Waals surface area contributed by atoms with E-state index in [2.05, 4.69) is 195 Å². The molecule has 0 atom stereocenters. The standard InChI is InChI=1S/C59H49N/c1-58(2)53-22-8-5-17-48(53)51-20-12-21-52(57(51)58)50-18-7-10-24-56(50)60(43-27-25-40(26-28-43)46-19-11-14-39-13-3-4-15-45(39)46)44-29-30-49-47-16-6-9-23-54(47)59(55(49)36-44)41-32-37-31-38(34-41)35-42(59)33-37/h3-30,36-38,41-42H,31-35H2,1-2H3. The second kappa shape index (κ2) is 12.7. The van der Waals surface area contributed by atoms with Crippen molar-refractivity contribution in [2.45, 2.75) is 56.8 Å². The molecule has 1 spiro atoms. The van der Waals surface area contributed by atoms with E-state index in [1.807, 2.05) is 0 Å². The van der Waals surface area contributed by atoms with Gasteiger partial charge in [0.25, 0.3) is 0 Å². The summed E-state index contributed by atoms with van der Waals surface area (Å²) in [6.45, 7) is 4.83. The number of fused-ring (bicyclic) bond motifs is 7. The Kier molecular flexibility index (Phi) is 7.32. The second-order valence-electron chi connectivity index (χ2n) is 19.3. The van der Waals surface area contributed by atoms with Gasteiger partial charge in [0.1, 0.15) is 0 Å². The molecule has 0 amide bonds. The van der Waals surface area contributed by atoms with E-state index in [0.29, 0.717) is 11.8 Å². The van der Waals surface area contributed by atoms with Crippen LogP contribution < -0.4 is 4.90 Å². The Balaban J connectivity index is 1.03. The van der Waals surface area contributed by atoms with Crippen molar-refractivity contribution < 1.29 is 0 Å². The Labute approximate surface area is 354 Å². The molecule has 4 fully saturated rings. The van der Waals surface area contributed by atoms with E-state index in [9.17, 15) is 0 Å². The second-order valence-corrected chi connectivity index (χ2v) is 19.3. The molecule has 0 aliphatic heterocycles. The first kappa shape index (κ1) is 34.7. The van der Waals surface area contributed by atoms with Crippen LogP contribution in [0.2, 0.25) is 0 Å². The van der Waals surface area contributed by atoms with Crippen LogP contribution in [0.4, 0.5) is 17.1 Å². The summed E-state index contributed by atoms with van der Waals surface area (Å²) in [4.78, 5) is 2.59. The van der Waals surface area contributed by atoms with E-state index < -0.39 is 0 Å². The molecular weight excluding hydrogens is 723 g/mol. The van der Waals surface area contributed by atoms with Gasteiger partial charge in [-0.3, -0.25) is 0 Å². The SMILES string of the molecule is CC1(C)c2ccccc2-c2cccc(-c3ccccc3N(c3ccc(-c4cccc5ccccc45)cc3)c3ccc4c(c3)C3(c5ccccc5-4)C4CC5CC(C4)CC3C5)c21. The van der Waals surface area contributed by atoms with Crippen LogP contribution in [0, 0.1) is 23.7 Å². The minimum Gasteiger partial charge on any atom is -0.310 e. The number of hydrogen-bond donors (Lipinski definition) is 0. The number of hydrogen-bond acceptors (Lipinski definition) is 1. The Hall–Kier alpha value is -6.18. The van der Waals surface area contributed by atoms with Crippen molar-refractivity contribution in [2.75, 3.05) is 4.90 Å². The number of benzene rings is 8. The van der Waals surface area contributed by atoms with Gasteiger partial charge in [-0.2, -0.15) is 0 Å². The van der Waals surface area contributed by atoms with Gasteiger partial charge in [0, 0.05) is 27.8 Å². The lowest BCUT2D eigenvalue weighted by atomic mass is 9.43. The molecule has 8 aromatic rings. The van der Waals surface area contributed by atoms with Crippen molar-refractivity contribution in [3.05, 3.63) is 198 Å². The first-order chi connectivity index (χ1) is 29.5. The number of anilines is 3. The summed E-state index contributed by atoms with van der Waals surface area (Å²) in [6.07, 6.45) is 6.98. The number of para-hydroxylation sites is 1. The topological polar surface area (TPSA) is 3.24 Å². The van der Waals surface area contributed by atoms with E-state index in [4.69, 9.17) is 0 Å². The van der Waals surface area contributed by atoms with E-state index in [1.165, 1.54) is 116 Å². The summed E-state index contributed by atoms with van der Waals surface area (Å²) >= 11 is 0. The molecule has 4 bridgehead atoms. The van der Waals surface area contributed by atoms with E-state index in [-0.39, 0.29) is 10.8 Å². The van der Waals surface area contributed by atoms with Crippen molar-refractivity contribution in [3.63, 3.8) is 0 Å². The highest BCUT2D eigenvalue weighted by molar-refractivity contribution is 5.98. The maximum Gasteiger partial charge on any atom is 0.0540 e. The predicted molar refractivity (Wildman–Crippen MR) is 250 cm³/mol. The Morgan fingerprint density at radius 3 is 1.72 bits per heavy atom. The summed E-state index contributed by atoms with van der Waals surface area (Å²) in [6, 6.07) is 67.1. The molecular formula is C59H49N. The minimum absolute atomic E-state index is 0.0921. The fourth-order valence-corrected chi connectivity index (χ4v) is 13.9. The third-order valence-electron chi connectivity index (χ3n) is 16.0. The minimum atomic E-state index is -0.133. The lowest BCUT2D eigenvalue weighted by Gasteiger charge is -2.61. The van der Waals surface area contributed by atoms with Gasteiger partial charge in [-0.25, -0.2) is 0 Å². The van der Waals surface area contributed by atoms with Crippen molar-refractivity contribution in [1.82, 2.24) is 0 Å². The molecule has 8 aromatic carbocycles. The summed E-state index contributed by atoms with van der Waals surface area (Å²) in [5.74, 6) is 3.24. The quantitative estimate of drug-likeness (QED) is 0.168. The van der Waals surface area contributed by atoms with Crippen molar-refractivity contribution in [3.8, 4) is 44.5 Å². The molecule has 0 radical (unpaired) electrons. The zero-order chi connectivity index (χ0) is 39.7. The van der Waals surface area contributed by atoms with Crippen LogP contribution in [0.25, 0.3) is 55.3 Å². The summed E-state index contributed by atoms with van der Waals surface area (Å²) < 4.78 is 0. The molecule has 1 heteroatoms. The normalized spacial score (nSPS) is 23.4. The fraction of sp³-hybridized carbons (Fsp3) is 0.220. The molecule has 0 N–H and O–H groups in total. The molecule has 0 heterocycles. The summed E-state index contributed by atoms with van der Waals surface area (Å²) in [5.41, 5.74) is 20.3. The average molecular weight is 772 g/mol. The van der Waals surface area contributed by atoms with Crippen molar-refractivity contribution in [1.29, 1.82) is 0 Å². The van der Waals surface area contributed by atoms with Crippen LogP contribution in [0.3, 0.4) is 0 Å². The highest BCUT2D eigenvalue weighted by Crippen LogP contribution is 2.69. The zero-order valence-electron chi connectivity index (χ0n) is 34.5.